The third-order valence-electron chi connectivity index (χ3n) is 4.19. The molecule has 3 atom stereocenters. The first-order valence-corrected chi connectivity index (χ1v) is 6.88. The number of hydrogen-bond acceptors (Lipinski definition) is 2. The molecule has 3 heteroatoms. The predicted molar refractivity (Wildman–Crippen MR) is 72.2 cm³/mol. The molecule has 1 saturated carbocycles. The van der Waals surface area contributed by atoms with E-state index in [9.17, 15) is 0 Å². The van der Waals surface area contributed by atoms with E-state index < -0.39 is 0 Å². The van der Waals surface area contributed by atoms with Crippen LogP contribution in [-0.4, -0.2) is 15.8 Å². The van der Waals surface area contributed by atoms with Crippen molar-refractivity contribution in [2.45, 2.75) is 59.0 Å². The number of nitrogens with zero attached hydrogens (tertiary/aromatic N) is 2. The number of aromatic nitrogens is 2. The van der Waals surface area contributed by atoms with E-state index in [1.807, 2.05) is 10.9 Å². The van der Waals surface area contributed by atoms with Crippen LogP contribution in [0, 0.1) is 11.8 Å². The number of rotatable bonds is 3. The molecular weight excluding hydrogens is 210 g/mol. The summed E-state index contributed by atoms with van der Waals surface area (Å²) in [5, 5.41) is 8.03. The fourth-order valence-corrected chi connectivity index (χ4v) is 2.69. The molecule has 1 N–H and O–H groups in total. The Balaban J connectivity index is 1.99. The van der Waals surface area contributed by atoms with Gasteiger partial charge in [-0.1, -0.05) is 26.7 Å². The maximum absolute atomic E-state index is 4.38. The molecule has 1 fully saturated rings. The van der Waals surface area contributed by atoms with Crippen molar-refractivity contribution in [2.24, 2.45) is 11.8 Å². The first kappa shape index (κ1) is 12.5. The normalized spacial score (nSPS) is 29.6. The van der Waals surface area contributed by atoms with Crippen molar-refractivity contribution in [1.82, 2.24) is 9.78 Å². The zero-order chi connectivity index (χ0) is 12.4. The van der Waals surface area contributed by atoms with Crippen LogP contribution in [0.15, 0.2) is 12.4 Å². The topological polar surface area (TPSA) is 29.9 Å². The molecule has 0 saturated heterocycles. The van der Waals surface area contributed by atoms with E-state index in [4.69, 9.17) is 0 Å². The van der Waals surface area contributed by atoms with Gasteiger partial charge >= 0.3 is 0 Å². The molecule has 0 amide bonds. The first-order valence-electron chi connectivity index (χ1n) is 6.88. The zero-order valence-electron chi connectivity index (χ0n) is 11.5. The van der Waals surface area contributed by atoms with E-state index in [-0.39, 0.29) is 0 Å². The van der Waals surface area contributed by atoms with Gasteiger partial charge in [-0.2, -0.15) is 5.10 Å². The van der Waals surface area contributed by atoms with Gasteiger partial charge in [0.25, 0.3) is 0 Å². The molecule has 1 aliphatic rings. The third kappa shape index (κ3) is 2.82. The second kappa shape index (κ2) is 5.11. The summed E-state index contributed by atoms with van der Waals surface area (Å²) in [5.41, 5.74) is 1.17. The second-order valence-electron chi connectivity index (χ2n) is 5.82. The molecule has 0 aliphatic heterocycles. The highest BCUT2D eigenvalue weighted by atomic mass is 15.3. The Kier molecular flexibility index (Phi) is 3.75. The Morgan fingerprint density at radius 3 is 2.76 bits per heavy atom. The monoisotopic (exact) mass is 235 g/mol. The van der Waals surface area contributed by atoms with Gasteiger partial charge in [-0.25, -0.2) is 0 Å². The molecule has 1 aliphatic carbocycles. The highest BCUT2D eigenvalue weighted by molar-refractivity contribution is 5.39. The van der Waals surface area contributed by atoms with Crippen molar-refractivity contribution < 1.29 is 0 Å². The average Bonchev–Trinajstić information content (AvgIpc) is 2.73. The van der Waals surface area contributed by atoms with Crippen LogP contribution in [-0.2, 0) is 0 Å². The molecule has 0 bridgehead atoms. The number of anilines is 1. The maximum atomic E-state index is 4.38. The van der Waals surface area contributed by atoms with Crippen molar-refractivity contribution >= 4 is 5.69 Å². The fraction of sp³-hybridized carbons (Fsp3) is 0.786. The van der Waals surface area contributed by atoms with Crippen LogP contribution in [0.4, 0.5) is 5.69 Å². The largest absolute Gasteiger partial charge is 0.379 e. The van der Waals surface area contributed by atoms with Crippen molar-refractivity contribution in [1.29, 1.82) is 0 Å². The molecule has 0 spiro atoms. The van der Waals surface area contributed by atoms with Crippen molar-refractivity contribution in [2.75, 3.05) is 5.32 Å². The minimum Gasteiger partial charge on any atom is -0.379 e. The lowest BCUT2D eigenvalue weighted by molar-refractivity contribution is 0.253. The van der Waals surface area contributed by atoms with E-state index in [0.29, 0.717) is 12.1 Å². The van der Waals surface area contributed by atoms with Crippen LogP contribution in [0.25, 0.3) is 0 Å². The van der Waals surface area contributed by atoms with Gasteiger partial charge in [0.2, 0.25) is 0 Å². The van der Waals surface area contributed by atoms with Gasteiger partial charge < -0.3 is 5.32 Å². The van der Waals surface area contributed by atoms with E-state index in [0.717, 1.165) is 11.8 Å². The summed E-state index contributed by atoms with van der Waals surface area (Å²) >= 11 is 0. The summed E-state index contributed by atoms with van der Waals surface area (Å²) in [6, 6.07) is 1.05. The molecule has 0 aromatic carbocycles. The van der Waals surface area contributed by atoms with E-state index in [2.05, 4.69) is 44.3 Å². The quantitative estimate of drug-likeness (QED) is 0.865. The van der Waals surface area contributed by atoms with Crippen molar-refractivity contribution in [3.63, 3.8) is 0 Å². The minimum absolute atomic E-state index is 0.438. The summed E-state index contributed by atoms with van der Waals surface area (Å²) in [5.74, 6) is 1.59. The molecule has 17 heavy (non-hydrogen) atoms. The van der Waals surface area contributed by atoms with Gasteiger partial charge in [0, 0.05) is 18.3 Å². The Labute approximate surface area is 105 Å². The molecule has 2 rings (SSSR count). The first-order chi connectivity index (χ1) is 8.08. The lowest BCUT2D eigenvalue weighted by Gasteiger charge is -2.34. The van der Waals surface area contributed by atoms with E-state index >= 15 is 0 Å². The second-order valence-corrected chi connectivity index (χ2v) is 5.82. The van der Waals surface area contributed by atoms with Crippen LogP contribution in [0.5, 0.6) is 0 Å². The van der Waals surface area contributed by atoms with Crippen LogP contribution in [0.1, 0.15) is 53.0 Å². The van der Waals surface area contributed by atoms with E-state index in [1.165, 1.54) is 24.9 Å². The van der Waals surface area contributed by atoms with Crippen molar-refractivity contribution in [3.05, 3.63) is 12.4 Å². The average molecular weight is 235 g/mol. The van der Waals surface area contributed by atoms with E-state index in [1.54, 1.807) is 0 Å². The lowest BCUT2D eigenvalue weighted by atomic mass is 9.78. The molecular formula is C14H25N3. The molecule has 1 aromatic heterocycles. The predicted octanol–water partition coefficient (Wildman–Crippen LogP) is 3.70. The summed E-state index contributed by atoms with van der Waals surface area (Å²) in [6.45, 7) is 9.05. The van der Waals surface area contributed by atoms with Gasteiger partial charge in [-0.3, -0.25) is 4.68 Å². The highest BCUT2D eigenvalue weighted by Crippen LogP contribution is 2.31. The Hall–Kier alpha value is -0.990. The standard InChI is InChI=1S/C14H25N3/c1-10(2)17-9-13(8-15-17)16-14-7-5-6-11(3)12(14)4/h8-12,14,16H,5-7H2,1-4H3. The molecule has 3 nitrogen and oxygen atoms in total. The fourth-order valence-electron chi connectivity index (χ4n) is 2.69. The van der Waals surface area contributed by atoms with Gasteiger partial charge in [0.05, 0.1) is 11.9 Å². The molecule has 3 unspecified atom stereocenters. The summed E-state index contributed by atoms with van der Waals surface area (Å²) < 4.78 is 2.01. The van der Waals surface area contributed by atoms with Gasteiger partial charge in [-0.05, 0) is 32.1 Å². The molecule has 96 valence electrons. The third-order valence-corrected chi connectivity index (χ3v) is 4.19. The number of nitrogens with one attached hydrogen (secondary N) is 1. The van der Waals surface area contributed by atoms with Crippen LogP contribution in [0.2, 0.25) is 0 Å². The maximum Gasteiger partial charge on any atom is 0.0728 e. The smallest absolute Gasteiger partial charge is 0.0728 e. The van der Waals surface area contributed by atoms with Crippen LogP contribution >= 0.6 is 0 Å². The summed E-state index contributed by atoms with van der Waals surface area (Å²) in [4.78, 5) is 0. The summed E-state index contributed by atoms with van der Waals surface area (Å²) in [7, 11) is 0. The minimum atomic E-state index is 0.438. The van der Waals surface area contributed by atoms with Crippen LogP contribution in [0.3, 0.4) is 0 Å². The van der Waals surface area contributed by atoms with Gasteiger partial charge in [-0.15, -0.1) is 0 Å². The Bertz CT molecular complexity index is 356. The summed E-state index contributed by atoms with van der Waals surface area (Å²) in [6.07, 6.45) is 8.09. The van der Waals surface area contributed by atoms with Crippen LogP contribution < -0.4 is 5.32 Å². The molecule has 0 radical (unpaired) electrons. The zero-order valence-corrected chi connectivity index (χ0v) is 11.5. The Morgan fingerprint density at radius 1 is 1.35 bits per heavy atom. The van der Waals surface area contributed by atoms with Gasteiger partial charge in [0.1, 0.15) is 0 Å². The number of hydrogen-bond donors (Lipinski definition) is 1. The van der Waals surface area contributed by atoms with Gasteiger partial charge in [0.15, 0.2) is 0 Å². The molecule has 1 heterocycles. The molecule has 1 aromatic rings. The Morgan fingerprint density at radius 2 is 2.12 bits per heavy atom. The highest BCUT2D eigenvalue weighted by Gasteiger charge is 2.27. The lowest BCUT2D eigenvalue weighted by Crippen LogP contribution is -2.34. The van der Waals surface area contributed by atoms with Crippen molar-refractivity contribution in [3.8, 4) is 0 Å². The SMILES string of the molecule is CC1CCCC(Nc2cnn(C(C)C)c2)C1C.